The number of hydrogen-bond donors (Lipinski definition) is 2. The lowest BCUT2D eigenvalue weighted by molar-refractivity contribution is 0.486. The highest BCUT2D eigenvalue weighted by atomic mass is 32.2. The number of hydrogen-bond acceptors (Lipinski definition) is 5. The van der Waals surface area contributed by atoms with Crippen LogP contribution in [-0.4, -0.2) is 31.3 Å². The summed E-state index contributed by atoms with van der Waals surface area (Å²) in [7, 11) is -1.88. The van der Waals surface area contributed by atoms with Gasteiger partial charge in [0, 0.05) is 19.0 Å². The smallest absolute Gasteiger partial charge is 0.242 e. The summed E-state index contributed by atoms with van der Waals surface area (Å²) in [6, 6.07) is 8.32. The van der Waals surface area contributed by atoms with Crippen LogP contribution >= 0.6 is 0 Å². The number of pyridine rings is 1. The van der Waals surface area contributed by atoms with Crippen LogP contribution in [0.1, 0.15) is 6.92 Å². The Hall–Kier alpha value is -1.70. The molecule has 0 amide bonds. The van der Waals surface area contributed by atoms with Gasteiger partial charge in [-0.3, -0.25) is 0 Å². The summed E-state index contributed by atoms with van der Waals surface area (Å²) in [6.07, 6.45) is 0. The van der Waals surface area contributed by atoms with Crippen LogP contribution in [0, 0.1) is 0 Å². The highest BCUT2D eigenvalue weighted by molar-refractivity contribution is 7.89. The molecular weight excluding hydrogens is 264 g/mol. The number of nitrogen functional groups attached to an aromatic ring is 1. The second-order valence-corrected chi connectivity index (χ2v) is 6.16. The fourth-order valence-corrected chi connectivity index (χ4v) is 2.91. The molecule has 0 aliphatic rings. The third-order valence-corrected chi connectivity index (χ3v) is 4.89. The van der Waals surface area contributed by atoms with E-state index in [1.807, 2.05) is 0 Å². The molecule has 7 heteroatoms. The van der Waals surface area contributed by atoms with Crippen LogP contribution in [0.15, 0.2) is 35.2 Å². The topological polar surface area (TPSA) is 88.3 Å². The molecule has 0 fully saturated rings. The molecule has 3 N–H and O–H groups in total. The monoisotopic (exact) mass is 280 g/mol. The van der Waals surface area contributed by atoms with Gasteiger partial charge in [-0.15, -0.1) is 0 Å². The molecule has 0 aliphatic carbocycles. The lowest BCUT2D eigenvalue weighted by Gasteiger charge is -2.15. The fourth-order valence-electron chi connectivity index (χ4n) is 1.69. The molecule has 102 valence electrons. The summed E-state index contributed by atoms with van der Waals surface area (Å²) in [6.45, 7) is 2.22. The van der Waals surface area contributed by atoms with E-state index in [1.54, 1.807) is 44.3 Å². The van der Waals surface area contributed by atoms with E-state index < -0.39 is 10.0 Å². The highest BCUT2D eigenvalue weighted by Crippen LogP contribution is 2.21. The molecule has 19 heavy (non-hydrogen) atoms. The molecule has 0 unspecified atom stereocenters. The Morgan fingerprint density at radius 2 is 2.05 bits per heavy atom. The van der Waals surface area contributed by atoms with E-state index in [1.165, 1.54) is 4.31 Å². The largest absolute Gasteiger partial charge is 0.308 e. The van der Waals surface area contributed by atoms with Crippen molar-refractivity contribution in [2.45, 2.75) is 11.8 Å². The van der Waals surface area contributed by atoms with E-state index in [9.17, 15) is 8.42 Å². The first-order valence-corrected chi connectivity index (χ1v) is 7.27. The Labute approximate surface area is 112 Å². The maximum absolute atomic E-state index is 12.2. The SMILES string of the molecule is CCN(C)S(=O)(=O)c1ccc2nc(NN)ccc2c1. The highest BCUT2D eigenvalue weighted by Gasteiger charge is 2.19. The van der Waals surface area contributed by atoms with Crippen molar-refractivity contribution in [2.75, 3.05) is 19.0 Å². The molecule has 6 nitrogen and oxygen atoms in total. The van der Waals surface area contributed by atoms with Gasteiger partial charge in [0.25, 0.3) is 0 Å². The molecule has 2 rings (SSSR count). The number of nitrogens with zero attached hydrogens (tertiary/aromatic N) is 2. The summed E-state index contributed by atoms with van der Waals surface area (Å²) < 4.78 is 25.7. The number of aromatic nitrogens is 1. The first-order valence-electron chi connectivity index (χ1n) is 5.83. The minimum absolute atomic E-state index is 0.264. The van der Waals surface area contributed by atoms with Crippen molar-refractivity contribution in [3.63, 3.8) is 0 Å². The molecule has 0 aliphatic heterocycles. The maximum atomic E-state index is 12.2. The lowest BCUT2D eigenvalue weighted by atomic mass is 10.2. The zero-order valence-electron chi connectivity index (χ0n) is 10.8. The predicted octanol–water partition coefficient (Wildman–Crippen LogP) is 1.16. The Kier molecular flexibility index (Phi) is 3.70. The second kappa shape index (κ2) is 5.12. The van der Waals surface area contributed by atoms with Crippen molar-refractivity contribution in [3.8, 4) is 0 Å². The number of nitrogens with two attached hydrogens (primary N) is 1. The zero-order valence-corrected chi connectivity index (χ0v) is 11.6. The molecule has 0 bridgehead atoms. The summed E-state index contributed by atoms with van der Waals surface area (Å²) in [5.41, 5.74) is 3.14. The number of benzene rings is 1. The molecule has 0 saturated heterocycles. The van der Waals surface area contributed by atoms with Gasteiger partial charge >= 0.3 is 0 Å². The van der Waals surface area contributed by atoms with E-state index in [4.69, 9.17) is 5.84 Å². The average Bonchev–Trinajstić information content (AvgIpc) is 2.44. The lowest BCUT2D eigenvalue weighted by Crippen LogP contribution is -2.26. The van der Waals surface area contributed by atoms with Crippen LogP contribution in [0.2, 0.25) is 0 Å². The van der Waals surface area contributed by atoms with E-state index in [2.05, 4.69) is 10.4 Å². The maximum Gasteiger partial charge on any atom is 0.242 e. The first-order chi connectivity index (χ1) is 8.98. The summed E-state index contributed by atoms with van der Waals surface area (Å²) in [5.74, 6) is 5.82. The van der Waals surface area contributed by atoms with E-state index in [0.29, 0.717) is 17.9 Å². The van der Waals surface area contributed by atoms with Crippen LogP contribution in [-0.2, 0) is 10.0 Å². The molecule has 0 saturated carbocycles. The van der Waals surface area contributed by atoms with Crippen LogP contribution in [0.25, 0.3) is 10.9 Å². The predicted molar refractivity (Wildman–Crippen MR) is 75.0 cm³/mol. The number of anilines is 1. The van der Waals surface area contributed by atoms with Gasteiger partial charge in [-0.1, -0.05) is 6.92 Å². The molecule has 1 aromatic carbocycles. The van der Waals surface area contributed by atoms with Gasteiger partial charge in [0.05, 0.1) is 10.4 Å². The number of nitrogens with one attached hydrogen (secondary N) is 1. The third-order valence-electron chi connectivity index (χ3n) is 2.96. The minimum atomic E-state index is -3.43. The van der Waals surface area contributed by atoms with Crippen molar-refractivity contribution in [1.29, 1.82) is 0 Å². The fraction of sp³-hybridized carbons (Fsp3) is 0.250. The van der Waals surface area contributed by atoms with Gasteiger partial charge in [0.2, 0.25) is 10.0 Å². The van der Waals surface area contributed by atoms with Crippen LogP contribution < -0.4 is 11.3 Å². The van der Waals surface area contributed by atoms with Crippen molar-refractivity contribution in [2.24, 2.45) is 5.84 Å². The summed E-state index contributed by atoms with van der Waals surface area (Å²) in [5, 5.41) is 0.754. The van der Waals surface area contributed by atoms with E-state index in [-0.39, 0.29) is 4.90 Å². The number of sulfonamides is 1. The molecule has 1 aromatic heterocycles. The standard InChI is InChI=1S/C12H16N4O2S/c1-3-16(2)19(17,18)10-5-6-11-9(8-10)4-7-12(14-11)15-13/h4-8H,3,13H2,1-2H3,(H,14,15). The zero-order chi connectivity index (χ0) is 14.0. The van der Waals surface area contributed by atoms with Gasteiger partial charge in [0.15, 0.2) is 0 Å². The van der Waals surface area contributed by atoms with Gasteiger partial charge in [0.1, 0.15) is 5.82 Å². The summed E-state index contributed by atoms with van der Waals surface area (Å²) in [4.78, 5) is 4.50. The summed E-state index contributed by atoms with van der Waals surface area (Å²) >= 11 is 0. The van der Waals surface area contributed by atoms with Crippen molar-refractivity contribution in [3.05, 3.63) is 30.3 Å². The van der Waals surface area contributed by atoms with Crippen molar-refractivity contribution < 1.29 is 8.42 Å². The molecule has 1 heterocycles. The second-order valence-electron chi connectivity index (χ2n) is 4.11. The molecule has 0 spiro atoms. The Morgan fingerprint density at radius 3 is 2.68 bits per heavy atom. The normalized spacial score (nSPS) is 12.0. The van der Waals surface area contributed by atoms with Crippen LogP contribution in [0.4, 0.5) is 5.82 Å². The molecule has 2 aromatic rings. The van der Waals surface area contributed by atoms with E-state index in [0.717, 1.165) is 5.39 Å². The quantitative estimate of drug-likeness (QED) is 0.648. The van der Waals surface area contributed by atoms with Crippen LogP contribution in [0.5, 0.6) is 0 Å². The number of fused-ring (bicyclic) bond motifs is 1. The first kappa shape index (κ1) is 13.7. The molecule has 0 atom stereocenters. The van der Waals surface area contributed by atoms with Gasteiger partial charge in [-0.2, -0.15) is 0 Å². The molecular formula is C12H16N4O2S. The number of rotatable bonds is 4. The van der Waals surface area contributed by atoms with E-state index >= 15 is 0 Å². The Bertz CT molecular complexity index is 700. The minimum Gasteiger partial charge on any atom is -0.308 e. The Morgan fingerprint density at radius 1 is 1.32 bits per heavy atom. The van der Waals surface area contributed by atoms with Crippen molar-refractivity contribution in [1.82, 2.24) is 9.29 Å². The van der Waals surface area contributed by atoms with Crippen molar-refractivity contribution >= 4 is 26.7 Å². The number of hydrazine groups is 1. The van der Waals surface area contributed by atoms with Crippen LogP contribution in [0.3, 0.4) is 0 Å². The average molecular weight is 280 g/mol. The molecule has 0 radical (unpaired) electrons. The van der Waals surface area contributed by atoms with Gasteiger partial charge in [-0.25, -0.2) is 23.5 Å². The van der Waals surface area contributed by atoms with Gasteiger partial charge in [-0.05, 0) is 30.3 Å². The Balaban J connectivity index is 2.54. The third kappa shape index (κ3) is 2.53. The van der Waals surface area contributed by atoms with Gasteiger partial charge < -0.3 is 5.43 Å².